The first-order chi connectivity index (χ1) is 8.60. The van der Waals surface area contributed by atoms with Crippen LogP contribution in [0.4, 0.5) is 5.69 Å². The van der Waals surface area contributed by atoms with Gasteiger partial charge < -0.3 is 11.1 Å². The molecule has 0 aliphatic heterocycles. The number of benzene rings is 1. The number of nitrogens with one attached hydrogen (secondary N) is 1. The van der Waals surface area contributed by atoms with E-state index in [-0.39, 0.29) is 0 Å². The highest BCUT2D eigenvalue weighted by molar-refractivity contribution is 5.92. The van der Waals surface area contributed by atoms with E-state index in [1.807, 2.05) is 6.07 Å². The molecule has 3 heteroatoms. The third-order valence-electron chi connectivity index (χ3n) is 3.54. The molecule has 0 amide bonds. The Morgan fingerprint density at radius 3 is 2.89 bits per heavy atom. The van der Waals surface area contributed by atoms with Gasteiger partial charge >= 0.3 is 0 Å². The van der Waals surface area contributed by atoms with Crippen LogP contribution in [0.2, 0.25) is 0 Å². The molecule has 18 heavy (non-hydrogen) atoms. The van der Waals surface area contributed by atoms with E-state index in [0.29, 0.717) is 17.9 Å². The quantitative estimate of drug-likeness (QED) is 0.631. The van der Waals surface area contributed by atoms with Crippen LogP contribution in [0.1, 0.15) is 45.1 Å². The first-order valence-electron chi connectivity index (χ1n) is 6.80. The monoisotopic (exact) mass is 245 g/mol. The van der Waals surface area contributed by atoms with Gasteiger partial charge in [-0.25, -0.2) is 4.99 Å². The van der Waals surface area contributed by atoms with E-state index in [1.165, 1.54) is 18.4 Å². The third kappa shape index (κ3) is 3.25. The summed E-state index contributed by atoms with van der Waals surface area (Å²) in [5, 5.41) is 3.18. The number of rotatable bonds is 4. The van der Waals surface area contributed by atoms with Crippen LogP contribution < -0.4 is 11.1 Å². The van der Waals surface area contributed by atoms with E-state index in [2.05, 4.69) is 49.3 Å². The number of nitrogens with zero attached hydrogens (tertiary/aromatic N) is 1. The maximum absolute atomic E-state index is 5.93. The summed E-state index contributed by atoms with van der Waals surface area (Å²) in [5.74, 6) is 1.81. The normalized spacial score (nSPS) is 23.2. The van der Waals surface area contributed by atoms with E-state index in [4.69, 9.17) is 5.73 Å². The first-order valence-corrected chi connectivity index (χ1v) is 6.80. The van der Waals surface area contributed by atoms with Gasteiger partial charge in [0, 0.05) is 5.69 Å². The maximum Gasteiger partial charge on any atom is 0.193 e. The predicted molar refractivity (Wildman–Crippen MR) is 78.0 cm³/mol. The lowest BCUT2D eigenvalue weighted by Gasteiger charge is -2.09. The Morgan fingerprint density at radius 1 is 1.50 bits per heavy atom. The number of nitrogens with two attached hydrogens (primary N) is 1. The zero-order valence-corrected chi connectivity index (χ0v) is 11.5. The average molecular weight is 245 g/mol. The summed E-state index contributed by atoms with van der Waals surface area (Å²) in [5.41, 5.74) is 8.26. The van der Waals surface area contributed by atoms with Crippen molar-refractivity contribution >= 4 is 11.6 Å². The number of hydrogen-bond donors (Lipinski definition) is 2. The minimum absolute atomic E-state index is 0.441. The maximum atomic E-state index is 5.93. The van der Waals surface area contributed by atoms with E-state index in [9.17, 15) is 0 Å². The summed E-state index contributed by atoms with van der Waals surface area (Å²) < 4.78 is 0. The highest BCUT2D eigenvalue weighted by atomic mass is 15.1. The van der Waals surface area contributed by atoms with Crippen LogP contribution >= 0.6 is 0 Å². The number of aliphatic imine (C=N–C) groups is 1. The average Bonchev–Trinajstić information content (AvgIpc) is 3.07. The molecule has 0 saturated heterocycles. The second-order valence-corrected chi connectivity index (χ2v) is 5.39. The highest BCUT2D eigenvalue weighted by Gasteiger charge is 2.35. The van der Waals surface area contributed by atoms with Gasteiger partial charge in [-0.05, 0) is 36.0 Å². The summed E-state index contributed by atoms with van der Waals surface area (Å²) in [6.45, 7) is 6.58. The minimum Gasteiger partial charge on any atom is -0.370 e. The molecule has 3 nitrogen and oxygen atoms in total. The van der Waals surface area contributed by atoms with Crippen LogP contribution in [-0.4, -0.2) is 12.0 Å². The third-order valence-corrected chi connectivity index (χ3v) is 3.54. The lowest BCUT2D eigenvalue weighted by molar-refractivity contribution is 0.759. The highest BCUT2D eigenvalue weighted by Crippen LogP contribution is 2.36. The van der Waals surface area contributed by atoms with Crippen molar-refractivity contribution in [3.63, 3.8) is 0 Å². The Labute approximate surface area is 109 Å². The second kappa shape index (κ2) is 5.42. The summed E-state index contributed by atoms with van der Waals surface area (Å²) >= 11 is 0. The molecule has 98 valence electrons. The van der Waals surface area contributed by atoms with Gasteiger partial charge in [-0.3, -0.25) is 0 Å². The molecule has 1 aromatic rings. The van der Waals surface area contributed by atoms with Gasteiger partial charge in [0.1, 0.15) is 0 Å². The van der Waals surface area contributed by atoms with Gasteiger partial charge in [-0.1, -0.05) is 39.3 Å². The molecule has 0 unspecified atom stereocenters. The van der Waals surface area contributed by atoms with Crippen LogP contribution in [0.25, 0.3) is 0 Å². The lowest BCUT2D eigenvalue weighted by atomic mass is 10.0. The van der Waals surface area contributed by atoms with Crippen LogP contribution in [0.15, 0.2) is 29.3 Å². The van der Waals surface area contributed by atoms with Crippen molar-refractivity contribution in [2.45, 2.75) is 45.6 Å². The first kappa shape index (κ1) is 12.9. The molecular weight excluding hydrogens is 222 g/mol. The smallest absolute Gasteiger partial charge is 0.193 e. The molecule has 1 aliphatic carbocycles. The molecule has 1 aliphatic rings. The molecule has 2 rings (SSSR count). The Morgan fingerprint density at radius 2 is 2.28 bits per heavy atom. The van der Waals surface area contributed by atoms with Crippen molar-refractivity contribution in [3.05, 3.63) is 29.8 Å². The molecule has 0 radical (unpaired) electrons. The van der Waals surface area contributed by atoms with Crippen LogP contribution in [-0.2, 0) is 0 Å². The van der Waals surface area contributed by atoms with Gasteiger partial charge in [0.15, 0.2) is 5.96 Å². The van der Waals surface area contributed by atoms with E-state index in [0.717, 1.165) is 11.6 Å². The summed E-state index contributed by atoms with van der Waals surface area (Å²) in [7, 11) is 0. The van der Waals surface area contributed by atoms with Gasteiger partial charge in [-0.15, -0.1) is 0 Å². The van der Waals surface area contributed by atoms with Crippen molar-refractivity contribution < 1.29 is 0 Å². The Balaban J connectivity index is 1.98. The van der Waals surface area contributed by atoms with Gasteiger partial charge in [-0.2, -0.15) is 0 Å². The van der Waals surface area contributed by atoms with Crippen LogP contribution in [0.3, 0.4) is 0 Å². The number of hydrogen-bond acceptors (Lipinski definition) is 1. The Kier molecular flexibility index (Phi) is 3.90. The van der Waals surface area contributed by atoms with Crippen molar-refractivity contribution in [1.29, 1.82) is 0 Å². The van der Waals surface area contributed by atoms with Crippen molar-refractivity contribution in [3.8, 4) is 0 Å². The van der Waals surface area contributed by atoms with Gasteiger partial charge in [0.25, 0.3) is 0 Å². The molecule has 2 atom stereocenters. The molecule has 3 N–H and O–H groups in total. The SMILES string of the molecule is CC[C@@H]1C[C@H]1N=C(N)Nc1cccc(C(C)C)c1. The molecule has 0 bridgehead atoms. The standard InChI is InChI=1S/C15H23N3/c1-4-11-9-14(11)18-15(16)17-13-7-5-6-12(8-13)10(2)3/h5-8,10-11,14H,4,9H2,1-3H3,(H3,16,17,18)/t11-,14-/m1/s1. The van der Waals surface area contributed by atoms with E-state index >= 15 is 0 Å². The fourth-order valence-corrected chi connectivity index (χ4v) is 2.16. The van der Waals surface area contributed by atoms with Gasteiger partial charge in [0.2, 0.25) is 0 Å². The van der Waals surface area contributed by atoms with Crippen molar-refractivity contribution in [1.82, 2.24) is 0 Å². The van der Waals surface area contributed by atoms with Crippen molar-refractivity contribution in [2.24, 2.45) is 16.6 Å². The summed E-state index contributed by atoms with van der Waals surface area (Å²) in [6, 6.07) is 8.79. The van der Waals surface area contributed by atoms with E-state index in [1.54, 1.807) is 0 Å². The predicted octanol–water partition coefficient (Wildman–Crippen LogP) is 3.34. The fourth-order valence-electron chi connectivity index (χ4n) is 2.16. The second-order valence-electron chi connectivity index (χ2n) is 5.39. The molecule has 0 aromatic heterocycles. The fraction of sp³-hybridized carbons (Fsp3) is 0.533. The van der Waals surface area contributed by atoms with Crippen LogP contribution in [0.5, 0.6) is 0 Å². The molecular formula is C15H23N3. The number of guanidine groups is 1. The van der Waals surface area contributed by atoms with Crippen molar-refractivity contribution in [2.75, 3.05) is 5.32 Å². The molecule has 1 aromatic carbocycles. The largest absolute Gasteiger partial charge is 0.370 e. The van der Waals surface area contributed by atoms with Gasteiger partial charge in [0.05, 0.1) is 6.04 Å². The van der Waals surface area contributed by atoms with E-state index < -0.39 is 0 Å². The minimum atomic E-state index is 0.441. The topological polar surface area (TPSA) is 50.4 Å². The molecule has 0 heterocycles. The molecule has 1 saturated carbocycles. The Bertz CT molecular complexity index is 437. The lowest BCUT2D eigenvalue weighted by Crippen LogP contribution is -2.23. The molecule has 0 spiro atoms. The summed E-state index contributed by atoms with van der Waals surface area (Å²) in [6.07, 6.45) is 2.38. The van der Waals surface area contributed by atoms with Crippen LogP contribution in [0, 0.1) is 5.92 Å². The summed E-state index contributed by atoms with van der Waals surface area (Å²) in [4.78, 5) is 4.49. The molecule has 1 fully saturated rings. The zero-order valence-electron chi connectivity index (χ0n) is 11.5. The number of anilines is 1. The zero-order chi connectivity index (χ0) is 13.1. The Hall–Kier alpha value is -1.51.